The molecule has 206 valence electrons. The van der Waals surface area contributed by atoms with Gasteiger partial charge in [0.05, 0.1) is 23.4 Å². The van der Waals surface area contributed by atoms with E-state index < -0.39 is 60.0 Å². The van der Waals surface area contributed by atoms with Gasteiger partial charge in [-0.15, -0.1) is 10.2 Å². The van der Waals surface area contributed by atoms with Crippen molar-refractivity contribution in [1.29, 1.82) is 0 Å². The fourth-order valence-electron chi connectivity index (χ4n) is 3.60. The molecule has 4 rings (SSSR count). The molecule has 0 saturated heterocycles. The molecule has 39 heavy (non-hydrogen) atoms. The first-order chi connectivity index (χ1) is 18.2. The number of aromatic nitrogens is 6. The lowest BCUT2D eigenvalue weighted by Gasteiger charge is -2.15. The number of alkyl halides is 6. The second kappa shape index (κ2) is 10.2. The molecule has 0 aliphatic heterocycles. The minimum absolute atomic E-state index is 0.174. The summed E-state index contributed by atoms with van der Waals surface area (Å²) in [5.74, 6) is -2.25. The summed E-state index contributed by atoms with van der Waals surface area (Å²) in [5, 5.41) is 27.1. The molecule has 0 saturated carbocycles. The summed E-state index contributed by atoms with van der Waals surface area (Å²) in [6.07, 6.45) is -12.1. The first kappa shape index (κ1) is 27.8. The van der Waals surface area contributed by atoms with E-state index >= 15 is 0 Å². The van der Waals surface area contributed by atoms with Crippen LogP contribution in [0.25, 0.3) is 17.1 Å². The van der Waals surface area contributed by atoms with Crippen LogP contribution in [0.5, 0.6) is 0 Å². The fraction of sp³-hybridized carbons (Fsp3) is 0.227. The van der Waals surface area contributed by atoms with Crippen molar-refractivity contribution >= 4 is 17.6 Å². The van der Waals surface area contributed by atoms with Gasteiger partial charge in [0, 0.05) is 10.6 Å². The maximum atomic E-state index is 13.6. The van der Waals surface area contributed by atoms with Crippen molar-refractivity contribution in [2.45, 2.75) is 31.5 Å². The van der Waals surface area contributed by atoms with E-state index in [1.807, 2.05) is 0 Å². The van der Waals surface area contributed by atoms with Gasteiger partial charge in [0.15, 0.2) is 17.8 Å². The second-order valence-corrected chi connectivity index (χ2v) is 8.49. The van der Waals surface area contributed by atoms with Crippen molar-refractivity contribution in [1.82, 2.24) is 29.1 Å². The molecule has 2 N–H and O–H groups in total. The Morgan fingerprint density at radius 2 is 1.69 bits per heavy atom. The van der Waals surface area contributed by atoms with Crippen LogP contribution in [-0.2, 0) is 19.3 Å². The van der Waals surface area contributed by atoms with E-state index in [9.17, 15) is 46.1 Å². The smallest absolute Gasteiger partial charge is 0.418 e. The Kier molecular flexibility index (Phi) is 7.27. The Hall–Kier alpha value is -4.18. The van der Waals surface area contributed by atoms with Crippen LogP contribution in [0.15, 0.2) is 53.6 Å². The van der Waals surface area contributed by atoms with Crippen molar-refractivity contribution in [2.75, 3.05) is 0 Å². The molecular formula is C22H15ClF6N6O4. The summed E-state index contributed by atoms with van der Waals surface area (Å²) in [6, 6.07) is 8.04. The van der Waals surface area contributed by atoms with E-state index in [1.165, 1.54) is 24.3 Å². The maximum Gasteiger partial charge on any atom is 0.418 e. The molecule has 0 radical (unpaired) electrons. The Morgan fingerprint density at radius 1 is 1.03 bits per heavy atom. The van der Waals surface area contributed by atoms with Crippen LogP contribution in [0.2, 0.25) is 5.02 Å². The Bertz CT molecular complexity index is 1580. The first-order valence-electron chi connectivity index (χ1n) is 10.7. The normalized spacial score (nSPS) is 13.0. The largest absolute Gasteiger partial charge is 0.478 e. The fourth-order valence-corrected chi connectivity index (χ4v) is 3.73. The molecule has 0 bridgehead atoms. The van der Waals surface area contributed by atoms with Crippen LogP contribution >= 0.6 is 11.6 Å². The molecule has 10 nitrogen and oxygen atoms in total. The van der Waals surface area contributed by atoms with Gasteiger partial charge in [0.2, 0.25) is 0 Å². The molecule has 0 amide bonds. The minimum Gasteiger partial charge on any atom is -0.478 e. The SMILES string of the molecule is O=C(O)c1cccc(C(F)(F)F)c1-n1cnc(Cn2nc(-c3ccc(Cl)cc3)n(CC(O)C(F)(F)F)c2=O)n1. The van der Waals surface area contributed by atoms with Crippen LogP contribution in [0.4, 0.5) is 26.3 Å². The highest BCUT2D eigenvalue weighted by atomic mass is 35.5. The highest BCUT2D eigenvalue weighted by Crippen LogP contribution is 2.35. The number of aliphatic hydroxyl groups is 1. The lowest BCUT2D eigenvalue weighted by atomic mass is 10.1. The number of aliphatic hydroxyl groups excluding tert-OH is 1. The molecule has 2 heterocycles. The molecule has 2 aromatic heterocycles. The number of carbonyl (C=O) groups is 1. The molecular weight excluding hydrogens is 562 g/mol. The van der Waals surface area contributed by atoms with Gasteiger partial charge in [-0.3, -0.25) is 4.57 Å². The lowest BCUT2D eigenvalue weighted by molar-refractivity contribution is -0.207. The monoisotopic (exact) mass is 576 g/mol. The van der Waals surface area contributed by atoms with Crippen molar-refractivity contribution in [3.8, 4) is 17.1 Å². The van der Waals surface area contributed by atoms with Crippen LogP contribution < -0.4 is 5.69 Å². The van der Waals surface area contributed by atoms with Gasteiger partial charge in [0.1, 0.15) is 12.9 Å². The van der Waals surface area contributed by atoms with Gasteiger partial charge < -0.3 is 10.2 Å². The zero-order valence-corrected chi connectivity index (χ0v) is 19.9. The summed E-state index contributed by atoms with van der Waals surface area (Å²) in [4.78, 5) is 28.4. The molecule has 0 aliphatic carbocycles. The van der Waals surface area contributed by atoms with E-state index in [2.05, 4.69) is 15.2 Å². The van der Waals surface area contributed by atoms with Crippen LogP contribution in [0.3, 0.4) is 0 Å². The standard InChI is InChI=1S/C22H15ClF6N6O4/c23-12-6-4-11(5-7-12)18-32-34(20(39)33(18)8-15(36)22(27,28)29)9-16-30-10-35(31-16)17-13(19(37)38)2-1-3-14(17)21(24,25)26/h1-7,10,15,36H,8-9H2,(H,37,38). The molecule has 4 aromatic rings. The number of hydrogen-bond donors (Lipinski definition) is 2. The number of rotatable bonds is 7. The zero-order chi connectivity index (χ0) is 28.7. The highest BCUT2D eigenvalue weighted by Gasteiger charge is 2.39. The van der Waals surface area contributed by atoms with Crippen molar-refractivity contribution in [3.05, 3.63) is 81.3 Å². The van der Waals surface area contributed by atoms with Crippen LogP contribution in [0.1, 0.15) is 21.7 Å². The van der Waals surface area contributed by atoms with Gasteiger partial charge in [0.25, 0.3) is 0 Å². The minimum atomic E-state index is -5.05. The number of nitrogens with zero attached hydrogens (tertiary/aromatic N) is 6. The summed E-state index contributed by atoms with van der Waals surface area (Å²) < 4.78 is 81.6. The number of benzene rings is 2. The zero-order valence-electron chi connectivity index (χ0n) is 19.2. The average Bonchev–Trinajstić information content (AvgIpc) is 3.43. The highest BCUT2D eigenvalue weighted by molar-refractivity contribution is 6.30. The van der Waals surface area contributed by atoms with E-state index in [0.29, 0.717) is 20.0 Å². The lowest BCUT2D eigenvalue weighted by Crippen LogP contribution is -2.37. The molecule has 0 fully saturated rings. The number of para-hydroxylation sites is 1. The third kappa shape index (κ3) is 5.80. The second-order valence-electron chi connectivity index (χ2n) is 8.05. The Labute approximate surface area is 218 Å². The van der Waals surface area contributed by atoms with Crippen molar-refractivity contribution < 1.29 is 41.4 Å². The van der Waals surface area contributed by atoms with Crippen molar-refractivity contribution in [2.24, 2.45) is 0 Å². The number of carboxylic acid groups (broad SMARTS) is 1. The average molecular weight is 577 g/mol. The number of halogens is 7. The van der Waals surface area contributed by atoms with Gasteiger partial charge in [-0.25, -0.2) is 23.9 Å². The topological polar surface area (TPSA) is 128 Å². The first-order valence-corrected chi connectivity index (χ1v) is 11.1. The molecule has 0 spiro atoms. The van der Waals surface area contributed by atoms with Crippen molar-refractivity contribution in [3.63, 3.8) is 0 Å². The van der Waals surface area contributed by atoms with Gasteiger partial charge in [-0.05, 0) is 36.4 Å². The summed E-state index contributed by atoms with van der Waals surface area (Å²) in [7, 11) is 0. The quantitative estimate of drug-likeness (QED) is 0.322. The Morgan fingerprint density at radius 3 is 2.28 bits per heavy atom. The molecule has 0 aliphatic rings. The van der Waals surface area contributed by atoms with E-state index in [1.54, 1.807) is 0 Å². The predicted molar refractivity (Wildman–Crippen MR) is 121 cm³/mol. The number of aromatic carboxylic acids is 1. The summed E-state index contributed by atoms with van der Waals surface area (Å²) in [5.41, 5.74) is -3.81. The Balaban J connectivity index is 1.76. The maximum absolute atomic E-state index is 13.6. The van der Waals surface area contributed by atoms with Gasteiger partial charge in [-0.1, -0.05) is 17.7 Å². The molecule has 1 atom stereocenters. The van der Waals surface area contributed by atoms with E-state index in [-0.39, 0.29) is 22.2 Å². The van der Waals surface area contributed by atoms with Crippen LogP contribution in [0, 0.1) is 0 Å². The summed E-state index contributed by atoms with van der Waals surface area (Å²) >= 11 is 5.84. The molecule has 2 aromatic carbocycles. The number of carboxylic acids is 1. The molecule has 17 heteroatoms. The number of hydrogen-bond acceptors (Lipinski definition) is 6. The molecule has 1 unspecified atom stereocenters. The van der Waals surface area contributed by atoms with Gasteiger partial charge >= 0.3 is 24.0 Å². The summed E-state index contributed by atoms with van der Waals surface area (Å²) in [6.45, 7) is -1.82. The predicted octanol–water partition coefficient (Wildman–Crippen LogP) is 3.63. The third-order valence-electron chi connectivity index (χ3n) is 5.39. The van der Waals surface area contributed by atoms with Gasteiger partial charge in [-0.2, -0.15) is 26.3 Å². The van der Waals surface area contributed by atoms with Crippen LogP contribution in [-0.4, -0.2) is 57.6 Å². The third-order valence-corrected chi connectivity index (χ3v) is 5.64. The van der Waals surface area contributed by atoms with E-state index in [0.717, 1.165) is 18.5 Å². The van der Waals surface area contributed by atoms with E-state index in [4.69, 9.17) is 11.6 Å².